The summed E-state index contributed by atoms with van der Waals surface area (Å²) >= 11 is 5.78. The van der Waals surface area contributed by atoms with E-state index >= 15 is 0 Å². The zero-order valence-electron chi connectivity index (χ0n) is 9.80. The molecule has 0 aliphatic rings. The van der Waals surface area contributed by atoms with Crippen LogP contribution in [-0.4, -0.2) is 20.9 Å². The van der Waals surface area contributed by atoms with Crippen LogP contribution in [0.4, 0.5) is 0 Å². The van der Waals surface area contributed by atoms with Gasteiger partial charge >= 0.3 is 0 Å². The van der Waals surface area contributed by atoms with Crippen LogP contribution in [0.15, 0.2) is 30.6 Å². The second-order valence-corrected chi connectivity index (χ2v) is 4.18. The number of rotatable bonds is 4. The third-order valence-corrected chi connectivity index (χ3v) is 2.46. The van der Waals surface area contributed by atoms with E-state index in [1.165, 1.54) is 0 Å². The summed E-state index contributed by atoms with van der Waals surface area (Å²) in [5.41, 5.74) is 0.974. The molecule has 1 heterocycles. The maximum atomic E-state index is 5.78. The number of alkyl halides is 1. The number of hydrogen-bond donors (Lipinski definition) is 0. The molecule has 0 fully saturated rings. The summed E-state index contributed by atoms with van der Waals surface area (Å²) in [4.78, 5) is 0. The molecule has 4 nitrogen and oxygen atoms in total. The second-order valence-electron chi connectivity index (χ2n) is 3.91. The Bertz CT molecular complexity index is 479. The van der Waals surface area contributed by atoms with Crippen LogP contribution in [0, 0.1) is 0 Å². The van der Waals surface area contributed by atoms with Gasteiger partial charge in [0.15, 0.2) is 5.82 Å². The van der Waals surface area contributed by atoms with Gasteiger partial charge in [-0.3, -0.25) is 4.57 Å². The number of nitrogens with zero attached hydrogens (tertiary/aromatic N) is 3. The van der Waals surface area contributed by atoms with Gasteiger partial charge in [-0.25, -0.2) is 0 Å². The molecule has 0 aliphatic heterocycles. The first-order valence-corrected chi connectivity index (χ1v) is 5.96. The van der Waals surface area contributed by atoms with Gasteiger partial charge in [-0.1, -0.05) is 0 Å². The zero-order valence-corrected chi connectivity index (χ0v) is 10.6. The van der Waals surface area contributed by atoms with Crippen LogP contribution in [-0.2, 0) is 5.88 Å². The Morgan fingerprint density at radius 2 is 2.00 bits per heavy atom. The number of aromatic nitrogens is 3. The summed E-state index contributed by atoms with van der Waals surface area (Å²) in [5.74, 6) is 1.91. The summed E-state index contributed by atoms with van der Waals surface area (Å²) in [6.45, 7) is 4.00. The van der Waals surface area contributed by atoms with Crippen molar-refractivity contribution in [2.45, 2.75) is 25.8 Å². The number of ether oxygens (including phenoxy) is 1. The first-order valence-electron chi connectivity index (χ1n) is 5.42. The summed E-state index contributed by atoms with van der Waals surface area (Å²) in [6.07, 6.45) is 1.82. The Labute approximate surface area is 105 Å². The molecule has 0 bridgehead atoms. The van der Waals surface area contributed by atoms with Crippen LogP contribution < -0.4 is 4.74 Å². The molecule has 0 spiro atoms. The van der Waals surface area contributed by atoms with E-state index in [0.717, 1.165) is 17.3 Å². The topological polar surface area (TPSA) is 39.9 Å². The monoisotopic (exact) mass is 251 g/mol. The van der Waals surface area contributed by atoms with E-state index < -0.39 is 0 Å². The minimum atomic E-state index is 0.175. The predicted octanol–water partition coefficient (Wildman–Crippen LogP) is 2.79. The standard InChI is InChI=1S/C12H14ClN3O/c1-9(2)17-11-5-3-10(4-6-11)16-8-14-15-12(16)7-13/h3-6,8-9H,7H2,1-2H3. The van der Waals surface area contributed by atoms with Gasteiger partial charge in [0, 0.05) is 5.69 Å². The molecule has 17 heavy (non-hydrogen) atoms. The maximum absolute atomic E-state index is 5.78. The third-order valence-electron chi connectivity index (χ3n) is 2.22. The van der Waals surface area contributed by atoms with Crippen LogP contribution in [0.5, 0.6) is 5.75 Å². The molecular formula is C12H14ClN3O. The summed E-state index contributed by atoms with van der Waals surface area (Å²) < 4.78 is 7.43. The maximum Gasteiger partial charge on any atom is 0.152 e. The lowest BCUT2D eigenvalue weighted by Gasteiger charge is -2.10. The first-order chi connectivity index (χ1) is 8.20. The molecule has 0 N–H and O–H groups in total. The minimum absolute atomic E-state index is 0.175. The molecule has 0 atom stereocenters. The summed E-state index contributed by atoms with van der Waals surface area (Å²) in [7, 11) is 0. The smallest absolute Gasteiger partial charge is 0.152 e. The molecule has 5 heteroatoms. The van der Waals surface area contributed by atoms with Gasteiger partial charge in [-0.15, -0.1) is 21.8 Å². The molecule has 0 amide bonds. The molecular weight excluding hydrogens is 238 g/mol. The van der Waals surface area contributed by atoms with Crippen molar-refractivity contribution in [3.8, 4) is 11.4 Å². The van der Waals surface area contributed by atoms with E-state index in [0.29, 0.717) is 5.88 Å². The van der Waals surface area contributed by atoms with E-state index in [-0.39, 0.29) is 6.10 Å². The van der Waals surface area contributed by atoms with E-state index in [1.54, 1.807) is 6.33 Å². The van der Waals surface area contributed by atoms with E-state index in [9.17, 15) is 0 Å². The van der Waals surface area contributed by atoms with Crippen molar-refractivity contribution in [3.63, 3.8) is 0 Å². The van der Waals surface area contributed by atoms with Gasteiger partial charge in [0.1, 0.15) is 12.1 Å². The van der Waals surface area contributed by atoms with Gasteiger partial charge in [-0.2, -0.15) is 0 Å². The van der Waals surface area contributed by atoms with E-state index in [4.69, 9.17) is 16.3 Å². The highest BCUT2D eigenvalue weighted by atomic mass is 35.5. The third kappa shape index (κ3) is 2.77. The van der Waals surface area contributed by atoms with Crippen molar-refractivity contribution in [3.05, 3.63) is 36.4 Å². The molecule has 0 aliphatic carbocycles. The normalized spacial score (nSPS) is 10.8. The lowest BCUT2D eigenvalue weighted by Crippen LogP contribution is -2.05. The Balaban J connectivity index is 2.23. The van der Waals surface area contributed by atoms with Gasteiger partial charge in [0.2, 0.25) is 0 Å². The SMILES string of the molecule is CC(C)Oc1ccc(-n2cnnc2CCl)cc1. The van der Waals surface area contributed by atoms with Crippen molar-refractivity contribution in [1.82, 2.24) is 14.8 Å². The number of hydrogen-bond acceptors (Lipinski definition) is 3. The molecule has 1 aromatic heterocycles. The molecule has 2 aromatic rings. The molecule has 0 unspecified atom stereocenters. The highest BCUT2D eigenvalue weighted by Gasteiger charge is 2.05. The van der Waals surface area contributed by atoms with Gasteiger partial charge in [-0.05, 0) is 38.1 Å². The Morgan fingerprint density at radius 1 is 1.29 bits per heavy atom. The minimum Gasteiger partial charge on any atom is -0.491 e. The molecule has 0 saturated heterocycles. The fourth-order valence-electron chi connectivity index (χ4n) is 1.52. The van der Waals surface area contributed by atoms with Crippen LogP contribution >= 0.6 is 11.6 Å². The largest absolute Gasteiger partial charge is 0.491 e. The Kier molecular flexibility index (Phi) is 3.64. The van der Waals surface area contributed by atoms with Crippen molar-refractivity contribution in [2.75, 3.05) is 0 Å². The van der Waals surface area contributed by atoms with Crippen molar-refractivity contribution in [2.24, 2.45) is 0 Å². The number of halogens is 1. The van der Waals surface area contributed by atoms with Crippen LogP contribution in [0.3, 0.4) is 0 Å². The molecule has 0 radical (unpaired) electrons. The Morgan fingerprint density at radius 3 is 2.59 bits per heavy atom. The lowest BCUT2D eigenvalue weighted by atomic mass is 10.3. The quantitative estimate of drug-likeness (QED) is 0.785. The second kappa shape index (κ2) is 5.19. The average molecular weight is 252 g/mol. The van der Waals surface area contributed by atoms with Crippen molar-refractivity contribution >= 4 is 11.6 Å². The van der Waals surface area contributed by atoms with Crippen molar-refractivity contribution < 1.29 is 4.74 Å². The molecule has 90 valence electrons. The lowest BCUT2D eigenvalue weighted by molar-refractivity contribution is 0.242. The van der Waals surface area contributed by atoms with E-state index in [2.05, 4.69) is 10.2 Å². The van der Waals surface area contributed by atoms with E-state index in [1.807, 2.05) is 42.7 Å². The summed E-state index contributed by atoms with van der Waals surface area (Å²) in [6, 6.07) is 7.76. The highest BCUT2D eigenvalue weighted by Crippen LogP contribution is 2.17. The first kappa shape index (κ1) is 11.9. The highest BCUT2D eigenvalue weighted by molar-refractivity contribution is 6.16. The zero-order chi connectivity index (χ0) is 12.3. The molecule has 1 aromatic carbocycles. The van der Waals surface area contributed by atoms with Crippen LogP contribution in [0.1, 0.15) is 19.7 Å². The Hall–Kier alpha value is -1.55. The average Bonchev–Trinajstić information content (AvgIpc) is 2.77. The predicted molar refractivity (Wildman–Crippen MR) is 66.7 cm³/mol. The van der Waals surface area contributed by atoms with Crippen LogP contribution in [0.2, 0.25) is 0 Å². The fraction of sp³-hybridized carbons (Fsp3) is 0.333. The summed E-state index contributed by atoms with van der Waals surface area (Å²) in [5, 5.41) is 7.77. The molecule has 0 saturated carbocycles. The fourth-order valence-corrected chi connectivity index (χ4v) is 1.71. The van der Waals surface area contributed by atoms with Crippen LogP contribution in [0.25, 0.3) is 5.69 Å². The number of benzene rings is 1. The van der Waals surface area contributed by atoms with Crippen molar-refractivity contribution in [1.29, 1.82) is 0 Å². The molecule has 2 rings (SSSR count). The van der Waals surface area contributed by atoms with Gasteiger partial charge in [0.25, 0.3) is 0 Å². The van der Waals surface area contributed by atoms with Gasteiger partial charge < -0.3 is 4.74 Å². The van der Waals surface area contributed by atoms with Gasteiger partial charge in [0.05, 0.1) is 12.0 Å².